The summed E-state index contributed by atoms with van der Waals surface area (Å²) in [5.41, 5.74) is 2.14. The molecule has 2 aromatic rings. The van der Waals surface area contributed by atoms with Gasteiger partial charge in [-0.3, -0.25) is 9.59 Å². The van der Waals surface area contributed by atoms with Gasteiger partial charge in [0.05, 0.1) is 13.7 Å². The van der Waals surface area contributed by atoms with Crippen molar-refractivity contribution in [2.75, 3.05) is 20.3 Å². The first kappa shape index (κ1) is 19.3. The molecule has 0 unspecified atom stereocenters. The monoisotopic (exact) mass is 356 g/mol. The fraction of sp³-hybridized carbons (Fsp3) is 0.300. The third kappa shape index (κ3) is 6.47. The summed E-state index contributed by atoms with van der Waals surface area (Å²) < 4.78 is 10.6. The van der Waals surface area contributed by atoms with Gasteiger partial charge in [0.15, 0.2) is 0 Å². The molecule has 0 bridgehead atoms. The second-order valence-electron chi connectivity index (χ2n) is 5.75. The van der Waals surface area contributed by atoms with Crippen LogP contribution in [-0.4, -0.2) is 32.1 Å². The summed E-state index contributed by atoms with van der Waals surface area (Å²) in [5.74, 6) is 0.811. The summed E-state index contributed by atoms with van der Waals surface area (Å²) in [6.45, 7) is 3.05. The fourth-order valence-corrected chi connectivity index (χ4v) is 2.30. The van der Waals surface area contributed by atoms with Gasteiger partial charge >= 0.3 is 0 Å². The number of rotatable bonds is 9. The number of methoxy groups -OCH3 is 1. The Morgan fingerprint density at radius 2 is 1.58 bits per heavy atom. The molecule has 0 aliphatic heterocycles. The Labute approximate surface area is 153 Å². The van der Waals surface area contributed by atoms with Crippen molar-refractivity contribution in [1.29, 1.82) is 0 Å². The molecule has 0 spiro atoms. The zero-order valence-electron chi connectivity index (χ0n) is 15.1. The molecule has 0 fully saturated rings. The summed E-state index contributed by atoms with van der Waals surface area (Å²) >= 11 is 0. The Bertz CT molecular complexity index is 729. The summed E-state index contributed by atoms with van der Waals surface area (Å²) in [7, 11) is 1.60. The minimum atomic E-state index is -0.328. The first-order valence-corrected chi connectivity index (χ1v) is 8.43. The quantitative estimate of drug-likeness (QED) is 0.533. The van der Waals surface area contributed by atoms with Crippen LogP contribution in [0.15, 0.2) is 48.5 Å². The highest BCUT2D eigenvalue weighted by molar-refractivity contribution is 5.96. The van der Waals surface area contributed by atoms with E-state index in [9.17, 15) is 9.59 Å². The summed E-state index contributed by atoms with van der Waals surface area (Å²) in [6, 6.07) is 15.0. The van der Waals surface area contributed by atoms with Crippen molar-refractivity contribution in [1.82, 2.24) is 10.6 Å². The van der Waals surface area contributed by atoms with E-state index in [1.54, 1.807) is 31.4 Å². The lowest BCUT2D eigenvalue weighted by molar-refractivity contribution is -0.129. The van der Waals surface area contributed by atoms with Gasteiger partial charge in [-0.15, -0.1) is 0 Å². The standard InChI is InChI=1S/C20H24N2O4/c1-15-5-3-4-6-16(15)14-22-20(24)13-19(23)21-11-12-26-18-9-7-17(25-2)8-10-18/h3-10H,11-14H2,1-2H3,(H,21,23)(H,22,24). The SMILES string of the molecule is COc1ccc(OCCNC(=O)CC(=O)NCc2ccccc2C)cc1. The van der Waals surface area contributed by atoms with E-state index in [1.165, 1.54) is 0 Å². The normalized spacial score (nSPS) is 10.1. The molecular weight excluding hydrogens is 332 g/mol. The molecular formula is C20H24N2O4. The maximum absolute atomic E-state index is 11.8. The predicted molar refractivity (Wildman–Crippen MR) is 99.1 cm³/mol. The van der Waals surface area contributed by atoms with Crippen LogP contribution >= 0.6 is 0 Å². The lowest BCUT2D eigenvalue weighted by Gasteiger charge is -2.09. The zero-order chi connectivity index (χ0) is 18.8. The Morgan fingerprint density at radius 3 is 2.27 bits per heavy atom. The summed E-state index contributed by atoms with van der Waals surface area (Å²) in [4.78, 5) is 23.6. The molecule has 138 valence electrons. The van der Waals surface area contributed by atoms with Crippen LogP contribution in [0.2, 0.25) is 0 Å². The van der Waals surface area contributed by atoms with Crippen LogP contribution in [0.5, 0.6) is 11.5 Å². The van der Waals surface area contributed by atoms with Crippen molar-refractivity contribution in [3.05, 3.63) is 59.7 Å². The Hall–Kier alpha value is -3.02. The number of aryl methyl sites for hydroxylation is 1. The molecule has 0 saturated heterocycles. The molecule has 2 aromatic carbocycles. The molecule has 0 heterocycles. The van der Waals surface area contributed by atoms with Gasteiger partial charge in [0.2, 0.25) is 11.8 Å². The van der Waals surface area contributed by atoms with E-state index in [0.717, 1.165) is 16.9 Å². The molecule has 0 aliphatic rings. The van der Waals surface area contributed by atoms with Gasteiger partial charge in [0, 0.05) is 6.54 Å². The molecule has 0 atom stereocenters. The molecule has 0 aromatic heterocycles. The van der Waals surface area contributed by atoms with Crippen LogP contribution in [0, 0.1) is 6.92 Å². The predicted octanol–water partition coefficient (Wildman–Crippen LogP) is 2.21. The number of amides is 2. The van der Waals surface area contributed by atoms with Gasteiger partial charge < -0.3 is 20.1 Å². The highest BCUT2D eigenvalue weighted by Gasteiger charge is 2.09. The average Bonchev–Trinajstić information content (AvgIpc) is 2.65. The Kier molecular flexibility index (Phi) is 7.49. The van der Waals surface area contributed by atoms with Crippen molar-refractivity contribution >= 4 is 11.8 Å². The van der Waals surface area contributed by atoms with E-state index in [1.807, 2.05) is 31.2 Å². The number of hydrogen-bond acceptors (Lipinski definition) is 4. The number of nitrogens with one attached hydrogen (secondary N) is 2. The zero-order valence-corrected chi connectivity index (χ0v) is 15.1. The second-order valence-corrected chi connectivity index (χ2v) is 5.75. The van der Waals surface area contributed by atoms with Crippen LogP contribution in [0.1, 0.15) is 17.5 Å². The van der Waals surface area contributed by atoms with E-state index in [4.69, 9.17) is 9.47 Å². The maximum Gasteiger partial charge on any atom is 0.229 e. The van der Waals surface area contributed by atoms with E-state index < -0.39 is 0 Å². The number of carbonyl (C=O) groups excluding carboxylic acids is 2. The largest absolute Gasteiger partial charge is 0.497 e. The van der Waals surface area contributed by atoms with Crippen molar-refractivity contribution < 1.29 is 19.1 Å². The Morgan fingerprint density at radius 1 is 0.923 bits per heavy atom. The molecule has 26 heavy (non-hydrogen) atoms. The Balaban J connectivity index is 1.61. The van der Waals surface area contributed by atoms with Gasteiger partial charge in [-0.1, -0.05) is 24.3 Å². The second kappa shape index (κ2) is 10.1. The van der Waals surface area contributed by atoms with E-state index >= 15 is 0 Å². The molecule has 2 N–H and O–H groups in total. The molecule has 0 radical (unpaired) electrons. The molecule has 6 heteroatoms. The van der Waals surface area contributed by atoms with Crippen LogP contribution < -0.4 is 20.1 Å². The third-order valence-electron chi connectivity index (χ3n) is 3.81. The third-order valence-corrected chi connectivity index (χ3v) is 3.81. The van der Waals surface area contributed by atoms with Crippen molar-refractivity contribution in [3.63, 3.8) is 0 Å². The van der Waals surface area contributed by atoms with Crippen LogP contribution in [0.4, 0.5) is 0 Å². The van der Waals surface area contributed by atoms with Crippen molar-refractivity contribution in [3.8, 4) is 11.5 Å². The van der Waals surface area contributed by atoms with E-state index in [2.05, 4.69) is 10.6 Å². The van der Waals surface area contributed by atoms with E-state index in [-0.39, 0.29) is 18.2 Å². The van der Waals surface area contributed by atoms with Gasteiger partial charge in [0.25, 0.3) is 0 Å². The average molecular weight is 356 g/mol. The first-order valence-electron chi connectivity index (χ1n) is 8.43. The van der Waals surface area contributed by atoms with Crippen LogP contribution in [0.3, 0.4) is 0 Å². The number of carbonyl (C=O) groups is 2. The minimum absolute atomic E-state index is 0.200. The lowest BCUT2D eigenvalue weighted by atomic mass is 10.1. The molecule has 6 nitrogen and oxygen atoms in total. The molecule has 0 saturated carbocycles. The fourth-order valence-electron chi connectivity index (χ4n) is 2.30. The summed E-state index contributed by atoms with van der Waals surface area (Å²) in [5, 5.41) is 5.42. The van der Waals surface area contributed by atoms with Gasteiger partial charge in [-0.25, -0.2) is 0 Å². The molecule has 2 rings (SSSR count). The van der Waals surface area contributed by atoms with E-state index in [0.29, 0.717) is 25.4 Å². The molecule has 0 aliphatic carbocycles. The molecule has 2 amide bonds. The van der Waals surface area contributed by atoms with Crippen molar-refractivity contribution in [2.45, 2.75) is 19.9 Å². The smallest absolute Gasteiger partial charge is 0.229 e. The van der Waals surface area contributed by atoms with Gasteiger partial charge in [-0.05, 0) is 42.3 Å². The highest BCUT2D eigenvalue weighted by Crippen LogP contribution is 2.16. The highest BCUT2D eigenvalue weighted by atomic mass is 16.5. The summed E-state index contributed by atoms with van der Waals surface area (Å²) in [6.07, 6.45) is -0.200. The first-order chi connectivity index (χ1) is 12.6. The van der Waals surface area contributed by atoms with Gasteiger partial charge in [0.1, 0.15) is 24.5 Å². The van der Waals surface area contributed by atoms with Gasteiger partial charge in [-0.2, -0.15) is 0 Å². The van der Waals surface area contributed by atoms with Crippen molar-refractivity contribution in [2.24, 2.45) is 0 Å². The van der Waals surface area contributed by atoms with Crippen LogP contribution in [-0.2, 0) is 16.1 Å². The number of benzene rings is 2. The number of hydrogen-bond donors (Lipinski definition) is 2. The minimum Gasteiger partial charge on any atom is -0.497 e. The lowest BCUT2D eigenvalue weighted by Crippen LogP contribution is -2.33. The number of ether oxygens (including phenoxy) is 2. The van der Waals surface area contributed by atoms with Crippen LogP contribution in [0.25, 0.3) is 0 Å². The maximum atomic E-state index is 11.8. The topological polar surface area (TPSA) is 76.7 Å².